The SMILES string of the molecule is Cc1cc(N2CCC(NC(=O)Cn3cc4ccccc4n3)CC2)nc(C)n1. The number of nitrogens with one attached hydrogen (secondary N) is 1. The highest BCUT2D eigenvalue weighted by Gasteiger charge is 2.22. The molecule has 0 bridgehead atoms. The number of piperidine rings is 1. The van der Waals surface area contributed by atoms with Crippen LogP contribution in [0.3, 0.4) is 0 Å². The molecule has 3 aromatic rings. The maximum Gasteiger partial charge on any atom is 0.241 e. The van der Waals surface area contributed by atoms with Gasteiger partial charge in [-0.15, -0.1) is 0 Å². The highest BCUT2D eigenvalue weighted by Crippen LogP contribution is 2.19. The van der Waals surface area contributed by atoms with Gasteiger partial charge in [0.05, 0.1) is 5.52 Å². The van der Waals surface area contributed by atoms with Gasteiger partial charge < -0.3 is 10.2 Å². The molecule has 0 unspecified atom stereocenters. The van der Waals surface area contributed by atoms with E-state index in [0.29, 0.717) is 0 Å². The summed E-state index contributed by atoms with van der Waals surface area (Å²) in [6, 6.07) is 10.1. The molecule has 1 amide bonds. The fourth-order valence-corrected chi connectivity index (χ4v) is 3.63. The van der Waals surface area contributed by atoms with Crippen molar-refractivity contribution < 1.29 is 4.79 Å². The molecule has 3 heterocycles. The number of hydrogen-bond acceptors (Lipinski definition) is 5. The van der Waals surface area contributed by atoms with E-state index in [-0.39, 0.29) is 18.5 Å². The van der Waals surface area contributed by atoms with Gasteiger partial charge in [0.15, 0.2) is 0 Å². The number of anilines is 1. The van der Waals surface area contributed by atoms with E-state index in [9.17, 15) is 4.79 Å². The summed E-state index contributed by atoms with van der Waals surface area (Å²) in [5.41, 5.74) is 1.90. The first kappa shape index (κ1) is 17.5. The lowest BCUT2D eigenvalue weighted by Crippen LogP contribution is -2.45. The summed E-state index contributed by atoms with van der Waals surface area (Å²) >= 11 is 0. The van der Waals surface area contributed by atoms with Gasteiger partial charge in [-0.25, -0.2) is 9.97 Å². The maximum atomic E-state index is 12.4. The third-order valence-electron chi connectivity index (χ3n) is 4.90. The molecule has 0 radical (unpaired) electrons. The minimum Gasteiger partial charge on any atom is -0.356 e. The largest absolute Gasteiger partial charge is 0.356 e. The second-order valence-corrected chi connectivity index (χ2v) is 7.13. The number of benzene rings is 1. The average Bonchev–Trinajstić information content (AvgIpc) is 3.03. The van der Waals surface area contributed by atoms with Gasteiger partial charge in [0.25, 0.3) is 0 Å². The van der Waals surface area contributed by atoms with E-state index in [4.69, 9.17) is 0 Å². The Hall–Kier alpha value is -2.96. The molecule has 7 heteroatoms. The zero-order valence-corrected chi connectivity index (χ0v) is 15.7. The number of fused-ring (bicyclic) bond motifs is 1. The van der Waals surface area contributed by atoms with Crippen molar-refractivity contribution in [3.8, 4) is 0 Å². The number of aryl methyl sites for hydroxylation is 2. The average molecular weight is 364 g/mol. The Bertz CT molecular complexity index is 905. The summed E-state index contributed by atoms with van der Waals surface area (Å²) in [7, 11) is 0. The van der Waals surface area contributed by atoms with Crippen molar-refractivity contribution >= 4 is 22.6 Å². The van der Waals surface area contributed by atoms with Crippen molar-refractivity contribution in [1.29, 1.82) is 0 Å². The van der Waals surface area contributed by atoms with Crippen LogP contribution in [0.2, 0.25) is 0 Å². The van der Waals surface area contributed by atoms with Crippen LogP contribution in [0.5, 0.6) is 0 Å². The molecule has 0 atom stereocenters. The van der Waals surface area contributed by atoms with Crippen LogP contribution >= 0.6 is 0 Å². The Balaban J connectivity index is 1.31. The summed E-state index contributed by atoms with van der Waals surface area (Å²) in [6.07, 6.45) is 3.74. The van der Waals surface area contributed by atoms with E-state index in [1.807, 2.05) is 50.4 Å². The van der Waals surface area contributed by atoms with Crippen molar-refractivity contribution in [2.75, 3.05) is 18.0 Å². The van der Waals surface area contributed by atoms with Crippen molar-refractivity contribution in [1.82, 2.24) is 25.1 Å². The van der Waals surface area contributed by atoms with Gasteiger partial charge in [-0.3, -0.25) is 9.48 Å². The molecule has 0 aliphatic carbocycles. The van der Waals surface area contributed by atoms with E-state index in [2.05, 4.69) is 25.3 Å². The monoisotopic (exact) mass is 364 g/mol. The number of amides is 1. The Kier molecular flexibility index (Phi) is 4.75. The lowest BCUT2D eigenvalue weighted by Gasteiger charge is -2.33. The van der Waals surface area contributed by atoms with E-state index < -0.39 is 0 Å². The number of hydrogen-bond donors (Lipinski definition) is 1. The van der Waals surface area contributed by atoms with Crippen LogP contribution in [0.15, 0.2) is 36.5 Å². The van der Waals surface area contributed by atoms with Crippen molar-refractivity contribution in [2.45, 2.75) is 39.3 Å². The van der Waals surface area contributed by atoms with Crippen LogP contribution in [0, 0.1) is 13.8 Å². The van der Waals surface area contributed by atoms with Gasteiger partial charge in [-0.1, -0.05) is 18.2 Å². The van der Waals surface area contributed by atoms with Crippen LogP contribution in [0.1, 0.15) is 24.4 Å². The molecular weight excluding hydrogens is 340 g/mol. The van der Waals surface area contributed by atoms with E-state index in [1.165, 1.54) is 0 Å². The summed E-state index contributed by atoms with van der Waals surface area (Å²) in [5.74, 6) is 1.79. The van der Waals surface area contributed by atoms with Crippen LogP contribution < -0.4 is 10.2 Å². The van der Waals surface area contributed by atoms with Gasteiger partial charge in [-0.05, 0) is 32.8 Å². The van der Waals surface area contributed by atoms with Crippen molar-refractivity contribution in [3.05, 3.63) is 48.0 Å². The Morgan fingerprint density at radius 1 is 1.19 bits per heavy atom. The first-order valence-electron chi connectivity index (χ1n) is 9.35. The van der Waals surface area contributed by atoms with Crippen LogP contribution in [-0.2, 0) is 11.3 Å². The van der Waals surface area contributed by atoms with Gasteiger partial charge in [0.2, 0.25) is 5.91 Å². The Morgan fingerprint density at radius 2 is 1.96 bits per heavy atom. The molecule has 140 valence electrons. The fourth-order valence-electron chi connectivity index (χ4n) is 3.63. The number of nitrogens with zero attached hydrogens (tertiary/aromatic N) is 5. The fraction of sp³-hybridized carbons (Fsp3) is 0.400. The molecule has 0 spiro atoms. The topological polar surface area (TPSA) is 75.9 Å². The zero-order valence-electron chi connectivity index (χ0n) is 15.7. The van der Waals surface area contributed by atoms with Crippen molar-refractivity contribution in [3.63, 3.8) is 0 Å². The first-order valence-corrected chi connectivity index (χ1v) is 9.35. The lowest BCUT2D eigenvalue weighted by molar-refractivity contribution is -0.122. The van der Waals surface area contributed by atoms with Crippen LogP contribution in [-0.4, -0.2) is 44.8 Å². The normalized spacial score (nSPS) is 15.3. The minimum absolute atomic E-state index is 0.00924. The quantitative estimate of drug-likeness (QED) is 0.768. The highest BCUT2D eigenvalue weighted by atomic mass is 16.2. The number of carbonyl (C=O) groups is 1. The smallest absolute Gasteiger partial charge is 0.241 e. The third-order valence-corrected chi connectivity index (χ3v) is 4.90. The molecule has 1 N–H and O–H groups in total. The van der Waals surface area contributed by atoms with E-state index in [1.54, 1.807) is 4.68 Å². The first-order chi connectivity index (χ1) is 13.1. The molecule has 0 saturated carbocycles. The molecule has 1 aliphatic heterocycles. The van der Waals surface area contributed by atoms with Crippen molar-refractivity contribution in [2.24, 2.45) is 0 Å². The van der Waals surface area contributed by atoms with Gasteiger partial charge in [-0.2, -0.15) is 5.10 Å². The molecule has 27 heavy (non-hydrogen) atoms. The predicted molar refractivity (Wildman–Crippen MR) is 105 cm³/mol. The molecule has 2 aromatic heterocycles. The molecule has 7 nitrogen and oxygen atoms in total. The summed E-state index contributed by atoms with van der Waals surface area (Å²) < 4.78 is 1.71. The Labute approximate surface area is 158 Å². The van der Waals surface area contributed by atoms with Gasteiger partial charge >= 0.3 is 0 Å². The second kappa shape index (κ2) is 7.34. The molecular formula is C20H24N6O. The number of rotatable bonds is 4. The lowest BCUT2D eigenvalue weighted by atomic mass is 10.0. The molecule has 1 fully saturated rings. The standard InChI is InChI=1S/C20H24N6O/c1-14-11-19(22-15(2)21-14)25-9-7-17(8-10-25)23-20(27)13-26-12-16-5-3-4-6-18(16)24-26/h3-6,11-12,17H,7-10,13H2,1-2H3,(H,23,27). The summed E-state index contributed by atoms with van der Waals surface area (Å²) in [6.45, 7) is 5.92. The highest BCUT2D eigenvalue weighted by molar-refractivity contribution is 5.79. The summed E-state index contributed by atoms with van der Waals surface area (Å²) in [4.78, 5) is 23.5. The molecule has 1 saturated heterocycles. The maximum absolute atomic E-state index is 12.4. The minimum atomic E-state index is 0.00924. The van der Waals surface area contributed by atoms with E-state index in [0.717, 1.165) is 54.2 Å². The second-order valence-electron chi connectivity index (χ2n) is 7.13. The summed E-state index contributed by atoms with van der Waals surface area (Å²) in [5, 5.41) is 8.64. The molecule has 4 rings (SSSR count). The Morgan fingerprint density at radius 3 is 2.70 bits per heavy atom. The van der Waals surface area contributed by atoms with E-state index >= 15 is 0 Å². The van der Waals surface area contributed by atoms with Crippen LogP contribution in [0.4, 0.5) is 5.82 Å². The third kappa shape index (κ3) is 4.07. The number of aromatic nitrogens is 4. The molecule has 1 aliphatic rings. The number of carbonyl (C=O) groups excluding carboxylic acids is 1. The van der Waals surface area contributed by atoms with Crippen LogP contribution in [0.25, 0.3) is 10.9 Å². The zero-order chi connectivity index (χ0) is 18.8. The van der Waals surface area contributed by atoms with Gasteiger partial charge in [0.1, 0.15) is 18.2 Å². The predicted octanol–water partition coefficient (Wildman–Crippen LogP) is 2.23. The van der Waals surface area contributed by atoms with Gasteiger partial charge in [0, 0.05) is 42.5 Å². The molecule has 1 aromatic carbocycles.